The van der Waals surface area contributed by atoms with Gasteiger partial charge in [-0.2, -0.15) is 0 Å². The largest absolute Gasteiger partial charge is 0.465 e. The van der Waals surface area contributed by atoms with E-state index in [9.17, 15) is 9.59 Å². The number of anilines is 1. The van der Waals surface area contributed by atoms with Gasteiger partial charge in [-0.3, -0.25) is 9.59 Å². The lowest BCUT2D eigenvalue weighted by Gasteiger charge is -2.07. The van der Waals surface area contributed by atoms with Crippen LogP contribution in [-0.4, -0.2) is 25.0 Å². The van der Waals surface area contributed by atoms with Gasteiger partial charge in [-0.25, -0.2) is 0 Å². The molecule has 0 spiro atoms. The number of nitrogens with one attached hydrogen (secondary N) is 1. The van der Waals surface area contributed by atoms with Crippen molar-refractivity contribution in [3.05, 3.63) is 28.8 Å². The van der Waals surface area contributed by atoms with Gasteiger partial charge in [0.15, 0.2) is 0 Å². The van der Waals surface area contributed by atoms with Crippen molar-refractivity contribution in [1.82, 2.24) is 5.32 Å². The normalized spacial score (nSPS) is 9.89. The van der Waals surface area contributed by atoms with Gasteiger partial charge in [0.25, 0.3) is 0 Å². The molecule has 0 aliphatic heterocycles. The van der Waals surface area contributed by atoms with Crippen molar-refractivity contribution in [3.63, 3.8) is 0 Å². The third-order valence-electron chi connectivity index (χ3n) is 2.19. The second-order valence-corrected chi connectivity index (χ2v) is 4.04. The first-order valence-electron chi connectivity index (χ1n) is 5.49. The van der Waals surface area contributed by atoms with Crippen LogP contribution < -0.4 is 11.1 Å². The highest BCUT2D eigenvalue weighted by Gasteiger charge is 2.09. The van der Waals surface area contributed by atoms with Crippen molar-refractivity contribution in [2.45, 2.75) is 13.3 Å². The lowest BCUT2D eigenvalue weighted by Crippen LogP contribution is -2.31. The minimum Gasteiger partial charge on any atom is -0.465 e. The molecular weight excluding hydrogens is 256 g/mol. The van der Waals surface area contributed by atoms with Gasteiger partial charge < -0.3 is 15.8 Å². The smallest absolute Gasteiger partial charge is 0.325 e. The molecule has 0 unspecified atom stereocenters. The fourth-order valence-corrected chi connectivity index (χ4v) is 1.53. The highest BCUT2D eigenvalue weighted by molar-refractivity contribution is 6.30. The Labute approximate surface area is 110 Å². The molecule has 5 nitrogen and oxygen atoms in total. The third-order valence-corrected chi connectivity index (χ3v) is 2.43. The van der Waals surface area contributed by atoms with E-state index in [-0.39, 0.29) is 18.9 Å². The molecule has 98 valence electrons. The van der Waals surface area contributed by atoms with E-state index >= 15 is 0 Å². The van der Waals surface area contributed by atoms with Crippen molar-refractivity contribution in [3.8, 4) is 0 Å². The molecule has 0 atom stereocenters. The van der Waals surface area contributed by atoms with Crippen LogP contribution in [-0.2, 0) is 20.7 Å². The Morgan fingerprint density at radius 1 is 1.44 bits per heavy atom. The molecule has 1 aromatic rings. The average Bonchev–Trinajstić information content (AvgIpc) is 2.31. The predicted molar refractivity (Wildman–Crippen MR) is 69.2 cm³/mol. The summed E-state index contributed by atoms with van der Waals surface area (Å²) < 4.78 is 4.69. The Bertz CT molecular complexity index is 449. The summed E-state index contributed by atoms with van der Waals surface area (Å²) in [5.74, 6) is -0.757. The van der Waals surface area contributed by atoms with Gasteiger partial charge in [0, 0.05) is 10.7 Å². The Balaban J connectivity index is 2.47. The van der Waals surface area contributed by atoms with Gasteiger partial charge in [0.2, 0.25) is 5.91 Å². The van der Waals surface area contributed by atoms with Crippen LogP contribution in [0.15, 0.2) is 18.2 Å². The molecule has 18 heavy (non-hydrogen) atoms. The molecule has 0 aromatic heterocycles. The number of rotatable bonds is 5. The molecule has 0 saturated carbocycles. The lowest BCUT2D eigenvalue weighted by molar-refractivity contribution is -0.143. The molecule has 0 aliphatic rings. The van der Waals surface area contributed by atoms with Crippen LogP contribution in [0.3, 0.4) is 0 Å². The van der Waals surface area contributed by atoms with Crippen molar-refractivity contribution < 1.29 is 14.3 Å². The van der Waals surface area contributed by atoms with Gasteiger partial charge in [-0.1, -0.05) is 17.7 Å². The second kappa shape index (κ2) is 6.86. The maximum atomic E-state index is 11.6. The van der Waals surface area contributed by atoms with Gasteiger partial charge in [0.05, 0.1) is 13.0 Å². The molecule has 1 aromatic carbocycles. The van der Waals surface area contributed by atoms with Crippen LogP contribution in [0.2, 0.25) is 5.02 Å². The summed E-state index contributed by atoms with van der Waals surface area (Å²) in [7, 11) is 0. The molecule has 0 heterocycles. The van der Waals surface area contributed by atoms with Gasteiger partial charge in [0.1, 0.15) is 6.54 Å². The number of amides is 1. The first-order valence-corrected chi connectivity index (χ1v) is 5.87. The van der Waals surface area contributed by atoms with E-state index in [1.165, 1.54) is 0 Å². The number of carbonyl (C=O) groups is 2. The van der Waals surface area contributed by atoms with E-state index in [0.717, 1.165) is 0 Å². The maximum Gasteiger partial charge on any atom is 0.325 e. The molecule has 0 saturated heterocycles. The van der Waals surface area contributed by atoms with E-state index in [2.05, 4.69) is 10.1 Å². The van der Waals surface area contributed by atoms with Crippen molar-refractivity contribution >= 4 is 29.2 Å². The summed E-state index contributed by atoms with van der Waals surface area (Å²) in [4.78, 5) is 22.6. The number of hydrogen-bond acceptors (Lipinski definition) is 4. The number of nitrogens with two attached hydrogens (primary N) is 1. The fraction of sp³-hybridized carbons (Fsp3) is 0.333. The third kappa shape index (κ3) is 4.63. The molecule has 6 heteroatoms. The summed E-state index contributed by atoms with van der Waals surface area (Å²) in [6.45, 7) is 1.85. The first kappa shape index (κ1) is 14.3. The topological polar surface area (TPSA) is 81.4 Å². The number of benzene rings is 1. The Hall–Kier alpha value is -1.75. The standard InChI is InChI=1S/C12H15ClN2O3/c1-2-18-12(17)7-15-11(16)5-8-3-4-9(13)6-10(8)14/h3-4,6H,2,5,7,14H2,1H3,(H,15,16). The number of halogens is 1. The summed E-state index contributed by atoms with van der Waals surface area (Å²) in [6, 6.07) is 4.92. The zero-order valence-corrected chi connectivity index (χ0v) is 10.8. The SMILES string of the molecule is CCOC(=O)CNC(=O)Cc1ccc(Cl)cc1N. The van der Waals surface area contributed by atoms with Gasteiger partial charge in [-0.15, -0.1) is 0 Å². The molecule has 0 aliphatic carbocycles. The first-order chi connectivity index (χ1) is 8.52. The number of nitrogen functional groups attached to an aromatic ring is 1. The molecular formula is C12H15ClN2O3. The van der Waals surface area contributed by atoms with Gasteiger partial charge in [-0.05, 0) is 24.6 Å². The summed E-state index contributed by atoms with van der Waals surface area (Å²) in [6.07, 6.45) is 0.0996. The number of hydrogen-bond donors (Lipinski definition) is 2. The minimum absolute atomic E-state index is 0.0996. The summed E-state index contributed by atoms with van der Waals surface area (Å²) in [5.41, 5.74) is 6.84. The molecule has 1 amide bonds. The van der Waals surface area contributed by atoms with Crippen LogP contribution in [0.5, 0.6) is 0 Å². The zero-order chi connectivity index (χ0) is 13.5. The van der Waals surface area contributed by atoms with E-state index in [0.29, 0.717) is 22.9 Å². The highest BCUT2D eigenvalue weighted by Crippen LogP contribution is 2.18. The van der Waals surface area contributed by atoms with Crippen molar-refractivity contribution in [2.24, 2.45) is 0 Å². The number of carbonyl (C=O) groups excluding carboxylic acids is 2. The summed E-state index contributed by atoms with van der Waals surface area (Å²) in [5, 5.41) is 2.97. The van der Waals surface area contributed by atoms with Crippen LogP contribution in [0.4, 0.5) is 5.69 Å². The van der Waals surface area contributed by atoms with Crippen LogP contribution in [0, 0.1) is 0 Å². The highest BCUT2D eigenvalue weighted by atomic mass is 35.5. The Kier molecular flexibility index (Phi) is 5.45. The van der Waals surface area contributed by atoms with E-state index < -0.39 is 5.97 Å². The molecule has 0 bridgehead atoms. The molecule has 0 radical (unpaired) electrons. The maximum absolute atomic E-state index is 11.6. The second-order valence-electron chi connectivity index (χ2n) is 3.60. The quantitative estimate of drug-likeness (QED) is 0.621. The molecule has 3 N–H and O–H groups in total. The van der Waals surface area contributed by atoms with E-state index in [4.69, 9.17) is 17.3 Å². The van der Waals surface area contributed by atoms with Crippen LogP contribution >= 0.6 is 11.6 Å². The monoisotopic (exact) mass is 270 g/mol. The molecule has 0 fully saturated rings. The fourth-order valence-electron chi connectivity index (χ4n) is 1.35. The van der Waals surface area contributed by atoms with Crippen LogP contribution in [0.1, 0.15) is 12.5 Å². The van der Waals surface area contributed by atoms with E-state index in [1.807, 2.05) is 0 Å². The number of esters is 1. The molecule has 1 rings (SSSR count). The van der Waals surface area contributed by atoms with Crippen molar-refractivity contribution in [2.75, 3.05) is 18.9 Å². The lowest BCUT2D eigenvalue weighted by atomic mass is 10.1. The van der Waals surface area contributed by atoms with Crippen LogP contribution in [0.25, 0.3) is 0 Å². The van der Waals surface area contributed by atoms with E-state index in [1.54, 1.807) is 25.1 Å². The zero-order valence-electron chi connectivity index (χ0n) is 10.0. The predicted octanol–water partition coefficient (Wildman–Crippen LogP) is 1.14. The Morgan fingerprint density at radius 3 is 2.78 bits per heavy atom. The number of ether oxygens (including phenoxy) is 1. The minimum atomic E-state index is -0.463. The van der Waals surface area contributed by atoms with Crippen molar-refractivity contribution in [1.29, 1.82) is 0 Å². The Morgan fingerprint density at radius 2 is 2.17 bits per heavy atom. The van der Waals surface area contributed by atoms with Gasteiger partial charge >= 0.3 is 5.97 Å². The summed E-state index contributed by atoms with van der Waals surface area (Å²) >= 11 is 5.75. The average molecular weight is 271 g/mol.